The number of ether oxygens (including phenoxy) is 1. The molecule has 5 rings (SSSR count). The number of nitrogens with zero attached hydrogens (tertiary/aromatic N) is 3. The number of aromatic nitrogens is 2. The van der Waals surface area contributed by atoms with Crippen LogP contribution in [0.1, 0.15) is 25.5 Å². The maximum atomic E-state index is 11.9. The molecule has 3 heterocycles. The number of morpholine rings is 1. The van der Waals surface area contributed by atoms with Crippen molar-refractivity contribution < 1.29 is 18.6 Å². The minimum Gasteiger partial charge on any atom is -0.377 e. The van der Waals surface area contributed by atoms with Gasteiger partial charge in [0.05, 0.1) is 24.9 Å². The number of hydrogen-bond acceptors (Lipinski definition) is 7. The molecule has 0 unspecified atom stereocenters. The van der Waals surface area contributed by atoms with E-state index < -0.39 is 10.6 Å². The third-order valence-electron chi connectivity index (χ3n) is 5.82. The maximum absolute atomic E-state index is 11.9. The molecular formula is C21H27N5O4S. The van der Waals surface area contributed by atoms with Crippen LogP contribution >= 0.6 is 10.6 Å². The first kappa shape index (κ1) is 20.5. The molecule has 4 N–H and O–H groups in total. The Kier molecular flexibility index (Phi) is 5.25. The number of aryl methyl sites for hydroxylation is 1. The third kappa shape index (κ3) is 4.20. The predicted molar refractivity (Wildman–Crippen MR) is 120 cm³/mol. The van der Waals surface area contributed by atoms with Gasteiger partial charge in [0.15, 0.2) is 11.6 Å². The van der Waals surface area contributed by atoms with Crippen molar-refractivity contribution in [2.24, 2.45) is 0 Å². The van der Waals surface area contributed by atoms with Crippen molar-refractivity contribution in [3.05, 3.63) is 30.0 Å². The van der Waals surface area contributed by atoms with Crippen molar-refractivity contribution in [2.75, 3.05) is 35.7 Å². The second-order valence-electron chi connectivity index (χ2n) is 8.33. The Bertz CT molecular complexity index is 996. The van der Waals surface area contributed by atoms with Gasteiger partial charge in [-0.05, 0) is 44.0 Å². The summed E-state index contributed by atoms with van der Waals surface area (Å²) >= 11 is 0. The summed E-state index contributed by atoms with van der Waals surface area (Å²) in [6.45, 7) is 3.82. The second-order valence-corrected chi connectivity index (χ2v) is 10.5. The molecule has 0 bridgehead atoms. The zero-order valence-corrected chi connectivity index (χ0v) is 18.2. The summed E-state index contributed by atoms with van der Waals surface area (Å²) in [4.78, 5) is 24.0. The summed E-state index contributed by atoms with van der Waals surface area (Å²) in [7, 11) is -2.90. The predicted octanol–water partition coefficient (Wildman–Crippen LogP) is 3.32. The molecule has 1 atom stereocenters. The number of hydrogen-bond donors (Lipinski definition) is 4. The standard InChI is InChI=1S/C21H27N5O4S/c1-13-12-30-10-9-26(13)20-18-17(8-11-31(18,28)29)24-19(25-20)14-2-4-15(5-3-14)22-21(27)23-16-6-7-16/h2-5,13,16,28-29H,6-12H2,1H3,(H2,22,23,27)/t13-/m0/s1. The quantitative estimate of drug-likeness (QED) is 0.570. The highest BCUT2D eigenvalue weighted by molar-refractivity contribution is 8.24. The lowest BCUT2D eigenvalue weighted by Crippen LogP contribution is -2.44. The molecule has 1 aromatic carbocycles. The highest BCUT2D eigenvalue weighted by Gasteiger charge is 2.36. The lowest BCUT2D eigenvalue weighted by molar-refractivity contribution is 0.0982. The van der Waals surface area contributed by atoms with Crippen molar-refractivity contribution in [1.82, 2.24) is 15.3 Å². The number of carbonyl (C=O) groups is 1. The minimum absolute atomic E-state index is 0.0768. The van der Waals surface area contributed by atoms with Crippen molar-refractivity contribution in [2.45, 2.75) is 43.2 Å². The monoisotopic (exact) mass is 445 g/mol. The van der Waals surface area contributed by atoms with Crippen LogP contribution in [0.15, 0.2) is 29.2 Å². The highest BCUT2D eigenvalue weighted by atomic mass is 32.3. The normalized spacial score (nSPS) is 23.2. The van der Waals surface area contributed by atoms with Gasteiger partial charge in [0.2, 0.25) is 0 Å². The van der Waals surface area contributed by atoms with Gasteiger partial charge in [-0.25, -0.2) is 14.8 Å². The van der Waals surface area contributed by atoms with Crippen molar-refractivity contribution >= 4 is 28.1 Å². The van der Waals surface area contributed by atoms with E-state index in [1.165, 1.54) is 0 Å². The zero-order valence-electron chi connectivity index (χ0n) is 17.4. The minimum atomic E-state index is -2.90. The molecular weight excluding hydrogens is 418 g/mol. The molecule has 31 heavy (non-hydrogen) atoms. The van der Waals surface area contributed by atoms with Crippen LogP contribution in [0.25, 0.3) is 11.4 Å². The van der Waals surface area contributed by atoms with Gasteiger partial charge in [0.25, 0.3) is 0 Å². The number of nitrogens with one attached hydrogen (secondary N) is 2. The molecule has 1 aliphatic carbocycles. The fourth-order valence-electron chi connectivity index (χ4n) is 3.98. The Labute approximate surface area is 182 Å². The number of rotatable bonds is 4. The molecule has 2 aliphatic heterocycles. The fourth-order valence-corrected chi connectivity index (χ4v) is 5.64. The van der Waals surface area contributed by atoms with E-state index in [9.17, 15) is 13.9 Å². The van der Waals surface area contributed by atoms with E-state index >= 15 is 0 Å². The van der Waals surface area contributed by atoms with Gasteiger partial charge < -0.3 is 20.3 Å². The number of benzene rings is 1. The van der Waals surface area contributed by atoms with Gasteiger partial charge >= 0.3 is 6.03 Å². The van der Waals surface area contributed by atoms with Gasteiger partial charge in [-0.3, -0.25) is 9.11 Å². The van der Waals surface area contributed by atoms with Crippen LogP contribution in [0.4, 0.5) is 16.3 Å². The van der Waals surface area contributed by atoms with E-state index in [2.05, 4.69) is 20.5 Å². The molecule has 1 aromatic heterocycles. The summed E-state index contributed by atoms with van der Waals surface area (Å²) in [6, 6.07) is 7.56. The van der Waals surface area contributed by atoms with Crippen LogP contribution < -0.4 is 15.5 Å². The molecule has 0 radical (unpaired) electrons. The van der Waals surface area contributed by atoms with Gasteiger partial charge in [0.1, 0.15) is 4.90 Å². The second kappa shape index (κ2) is 7.94. The van der Waals surface area contributed by atoms with Crippen LogP contribution in [0, 0.1) is 0 Å². The lowest BCUT2D eigenvalue weighted by atomic mass is 10.1. The Morgan fingerprint density at radius 2 is 2.00 bits per heavy atom. The summed E-state index contributed by atoms with van der Waals surface area (Å²) in [5.41, 5.74) is 2.20. The maximum Gasteiger partial charge on any atom is 0.319 e. The summed E-state index contributed by atoms with van der Waals surface area (Å²) in [6.07, 6.45) is 2.59. The van der Waals surface area contributed by atoms with Gasteiger partial charge in [-0.1, -0.05) is 0 Å². The molecule has 1 saturated carbocycles. The zero-order chi connectivity index (χ0) is 21.6. The number of carbonyl (C=O) groups excluding carboxylic acids is 1. The number of anilines is 2. The molecule has 2 fully saturated rings. The Morgan fingerprint density at radius 1 is 1.23 bits per heavy atom. The van der Waals surface area contributed by atoms with Crippen molar-refractivity contribution in [1.29, 1.82) is 0 Å². The smallest absolute Gasteiger partial charge is 0.319 e. The van der Waals surface area contributed by atoms with E-state index in [4.69, 9.17) is 9.72 Å². The molecule has 166 valence electrons. The van der Waals surface area contributed by atoms with E-state index in [0.29, 0.717) is 60.1 Å². The topological polar surface area (TPSA) is 120 Å². The molecule has 2 aromatic rings. The largest absolute Gasteiger partial charge is 0.377 e. The molecule has 9 nitrogen and oxygen atoms in total. The number of amides is 2. The first-order valence-electron chi connectivity index (χ1n) is 10.6. The van der Waals surface area contributed by atoms with E-state index in [1.54, 1.807) is 0 Å². The Balaban J connectivity index is 1.45. The third-order valence-corrected chi connectivity index (χ3v) is 7.67. The van der Waals surface area contributed by atoms with Crippen LogP contribution in [0.2, 0.25) is 0 Å². The van der Waals surface area contributed by atoms with Gasteiger partial charge in [-0.15, -0.1) is 0 Å². The van der Waals surface area contributed by atoms with Crippen LogP contribution in [-0.2, 0) is 11.2 Å². The SMILES string of the molecule is C[C@H]1COCCN1c1nc(-c2ccc(NC(=O)NC3CC3)cc2)nc2c1S(O)(O)CC2. The van der Waals surface area contributed by atoms with Crippen LogP contribution in [0.3, 0.4) is 0 Å². The first-order valence-corrected chi connectivity index (χ1v) is 12.3. The number of fused-ring (bicyclic) bond motifs is 1. The summed E-state index contributed by atoms with van der Waals surface area (Å²) < 4.78 is 26.8. The molecule has 3 aliphatic rings. The summed E-state index contributed by atoms with van der Waals surface area (Å²) in [5, 5.41) is 5.73. The number of urea groups is 1. The Hall–Kier alpha value is -2.40. The van der Waals surface area contributed by atoms with Gasteiger partial charge in [-0.2, -0.15) is 10.6 Å². The fraction of sp³-hybridized carbons (Fsp3) is 0.476. The first-order chi connectivity index (χ1) is 14.9. The van der Waals surface area contributed by atoms with Crippen LogP contribution in [-0.4, -0.2) is 62.7 Å². The van der Waals surface area contributed by atoms with Crippen molar-refractivity contribution in [3.63, 3.8) is 0 Å². The van der Waals surface area contributed by atoms with Crippen LogP contribution in [0.5, 0.6) is 0 Å². The average Bonchev–Trinajstić information content (AvgIpc) is 3.50. The van der Waals surface area contributed by atoms with E-state index in [1.807, 2.05) is 31.2 Å². The van der Waals surface area contributed by atoms with Gasteiger partial charge in [0, 0.05) is 36.0 Å². The molecule has 0 spiro atoms. The molecule has 1 saturated heterocycles. The Morgan fingerprint density at radius 3 is 2.71 bits per heavy atom. The van der Waals surface area contributed by atoms with Crippen molar-refractivity contribution in [3.8, 4) is 11.4 Å². The lowest BCUT2D eigenvalue weighted by Gasteiger charge is -2.38. The highest BCUT2D eigenvalue weighted by Crippen LogP contribution is 2.58. The average molecular weight is 446 g/mol. The van der Waals surface area contributed by atoms with E-state index in [-0.39, 0.29) is 17.8 Å². The van der Waals surface area contributed by atoms with E-state index in [0.717, 1.165) is 18.4 Å². The molecule has 10 heteroatoms. The summed E-state index contributed by atoms with van der Waals surface area (Å²) in [5.74, 6) is 1.42. The molecule has 2 amide bonds.